The number of nitrogens with zero attached hydrogens (tertiary/aromatic N) is 5. The average molecular weight is 387 g/mol. The Morgan fingerprint density at radius 2 is 1.86 bits per heavy atom. The van der Waals surface area contributed by atoms with E-state index in [1.54, 1.807) is 0 Å². The van der Waals surface area contributed by atoms with Crippen LogP contribution in [-0.4, -0.2) is 83.4 Å². The Balaban J connectivity index is 1.56. The molecule has 28 heavy (non-hydrogen) atoms. The molecule has 1 unspecified atom stereocenters. The van der Waals surface area contributed by atoms with Gasteiger partial charge in [0.05, 0.1) is 18.3 Å². The molecule has 2 saturated heterocycles. The molecule has 2 fully saturated rings. The van der Waals surface area contributed by atoms with E-state index in [9.17, 15) is 4.79 Å². The van der Waals surface area contributed by atoms with Gasteiger partial charge >= 0.3 is 0 Å². The summed E-state index contributed by atoms with van der Waals surface area (Å²) in [5, 5.41) is 3.40. The van der Waals surface area contributed by atoms with Crippen molar-refractivity contribution >= 4 is 11.9 Å². The van der Waals surface area contributed by atoms with Crippen molar-refractivity contribution in [3.05, 3.63) is 29.6 Å². The van der Waals surface area contributed by atoms with E-state index in [0.717, 1.165) is 76.0 Å². The predicted octanol–water partition coefficient (Wildman–Crippen LogP) is 1.48. The summed E-state index contributed by atoms with van der Waals surface area (Å²) in [6, 6.07) is 6.01. The van der Waals surface area contributed by atoms with Crippen molar-refractivity contribution in [2.45, 2.75) is 46.2 Å². The first kappa shape index (κ1) is 20.6. The molecule has 154 valence electrons. The van der Waals surface area contributed by atoms with Crippen molar-refractivity contribution in [2.75, 3.05) is 45.8 Å². The van der Waals surface area contributed by atoms with E-state index in [1.807, 2.05) is 30.0 Å². The molecule has 0 aromatic carbocycles. The Hall–Kier alpha value is -2.15. The van der Waals surface area contributed by atoms with Crippen molar-refractivity contribution < 1.29 is 4.79 Å². The third kappa shape index (κ3) is 5.22. The minimum absolute atomic E-state index is 0.0312. The number of piperazine rings is 1. The van der Waals surface area contributed by atoms with Crippen LogP contribution < -0.4 is 5.32 Å². The number of hydrogen-bond acceptors (Lipinski definition) is 4. The van der Waals surface area contributed by atoms with Crippen molar-refractivity contribution in [1.29, 1.82) is 0 Å². The molecular weight excluding hydrogens is 352 g/mol. The number of amides is 1. The van der Waals surface area contributed by atoms with Crippen LogP contribution in [0.5, 0.6) is 0 Å². The first-order valence-electron chi connectivity index (χ1n) is 10.6. The number of likely N-dealkylation sites (tertiary alicyclic amines) is 1. The second-order valence-electron chi connectivity index (χ2n) is 7.67. The Morgan fingerprint density at radius 3 is 2.50 bits per heavy atom. The quantitative estimate of drug-likeness (QED) is 0.614. The van der Waals surface area contributed by atoms with Crippen molar-refractivity contribution in [1.82, 2.24) is 25.0 Å². The van der Waals surface area contributed by atoms with Gasteiger partial charge in [-0.1, -0.05) is 6.07 Å². The number of aryl methyl sites for hydroxylation is 1. The molecule has 7 nitrogen and oxygen atoms in total. The highest BCUT2D eigenvalue weighted by molar-refractivity contribution is 5.82. The fourth-order valence-electron chi connectivity index (χ4n) is 3.95. The minimum Gasteiger partial charge on any atom is -0.357 e. The van der Waals surface area contributed by atoms with Gasteiger partial charge in [-0.3, -0.25) is 14.7 Å². The highest BCUT2D eigenvalue weighted by atomic mass is 16.2. The molecule has 1 aromatic heterocycles. The van der Waals surface area contributed by atoms with Gasteiger partial charge in [-0.2, -0.15) is 0 Å². The van der Waals surface area contributed by atoms with E-state index >= 15 is 0 Å². The number of nitrogens with one attached hydrogen (secondary N) is 1. The summed E-state index contributed by atoms with van der Waals surface area (Å²) in [6.45, 7) is 12.9. The second-order valence-corrected chi connectivity index (χ2v) is 7.67. The lowest BCUT2D eigenvalue weighted by atomic mass is 10.2. The Bertz CT molecular complexity index is 677. The van der Waals surface area contributed by atoms with Crippen LogP contribution in [0.3, 0.4) is 0 Å². The fraction of sp³-hybridized carbons (Fsp3) is 0.667. The highest BCUT2D eigenvalue weighted by Gasteiger charge is 2.30. The van der Waals surface area contributed by atoms with Crippen molar-refractivity contribution in [3.8, 4) is 0 Å². The van der Waals surface area contributed by atoms with Crippen molar-refractivity contribution in [2.24, 2.45) is 4.99 Å². The third-order valence-electron chi connectivity index (χ3n) is 5.61. The fourth-order valence-corrected chi connectivity index (χ4v) is 3.95. The SMILES string of the molecule is CCNC(=NCc1cccc(C)n1)N1CCN(C(C)C(=O)N2CCCC2)CC1. The average Bonchev–Trinajstić information content (AvgIpc) is 3.25. The number of hydrogen-bond donors (Lipinski definition) is 1. The van der Waals surface area contributed by atoms with Gasteiger partial charge in [0.25, 0.3) is 0 Å². The Morgan fingerprint density at radius 1 is 1.14 bits per heavy atom. The summed E-state index contributed by atoms with van der Waals surface area (Å²) < 4.78 is 0. The Labute approximate surface area is 168 Å². The molecule has 1 amide bonds. The van der Waals surface area contributed by atoms with Gasteiger partial charge in [-0.25, -0.2) is 4.99 Å². The zero-order chi connectivity index (χ0) is 19.9. The molecule has 3 rings (SSSR count). The molecule has 2 aliphatic rings. The maximum atomic E-state index is 12.7. The van der Waals surface area contributed by atoms with Gasteiger partial charge in [0.15, 0.2) is 5.96 Å². The minimum atomic E-state index is -0.0312. The van der Waals surface area contributed by atoms with E-state index in [1.165, 1.54) is 0 Å². The van der Waals surface area contributed by atoms with E-state index in [4.69, 9.17) is 4.99 Å². The van der Waals surface area contributed by atoms with Crippen LogP contribution in [0, 0.1) is 6.92 Å². The molecule has 1 N–H and O–H groups in total. The third-order valence-corrected chi connectivity index (χ3v) is 5.61. The van der Waals surface area contributed by atoms with Gasteiger partial charge in [0, 0.05) is 51.5 Å². The molecule has 0 radical (unpaired) electrons. The molecule has 0 spiro atoms. The number of guanidine groups is 1. The van der Waals surface area contributed by atoms with Gasteiger partial charge in [0.1, 0.15) is 0 Å². The Kier molecular flexibility index (Phi) is 7.25. The summed E-state index contributed by atoms with van der Waals surface area (Å²) >= 11 is 0. The molecule has 1 atom stereocenters. The van der Waals surface area contributed by atoms with Crippen LogP contribution >= 0.6 is 0 Å². The summed E-state index contributed by atoms with van der Waals surface area (Å²) in [6.07, 6.45) is 2.29. The summed E-state index contributed by atoms with van der Waals surface area (Å²) in [5.74, 6) is 1.22. The molecule has 3 heterocycles. The molecule has 2 aliphatic heterocycles. The number of aliphatic imine (C=N–C) groups is 1. The number of aromatic nitrogens is 1. The van der Waals surface area contributed by atoms with Crippen LogP contribution in [0.4, 0.5) is 0 Å². The van der Waals surface area contributed by atoms with Crippen LogP contribution in [-0.2, 0) is 11.3 Å². The smallest absolute Gasteiger partial charge is 0.239 e. The maximum Gasteiger partial charge on any atom is 0.239 e. The second kappa shape index (κ2) is 9.87. The first-order chi connectivity index (χ1) is 13.6. The first-order valence-corrected chi connectivity index (χ1v) is 10.6. The van der Waals surface area contributed by atoms with Crippen molar-refractivity contribution in [3.63, 3.8) is 0 Å². The lowest BCUT2D eigenvalue weighted by molar-refractivity contribution is -0.135. The van der Waals surface area contributed by atoms with E-state index < -0.39 is 0 Å². The largest absolute Gasteiger partial charge is 0.357 e. The lowest BCUT2D eigenvalue weighted by Crippen LogP contribution is -2.57. The number of carbonyl (C=O) groups excluding carboxylic acids is 1. The lowest BCUT2D eigenvalue weighted by Gasteiger charge is -2.39. The van der Waals surface area contributed by atoms with Gasteiger partial charge < -0.3 is 15.1 Å². The van der Waals surface area contributed by atoms with E-state index in [2.05, 4.69) is 33.9 Å². The van der Waals surface area contributed by atoms with Gasteiger partial charge in [0.2, 0.25) is 5.91 Å². The van der Waals surface area contributed by atoms with Crippen LogP contribution in [0.15, 0.2) is 23.2 Å². The number of rotatable bonds is 5. The molecular formula is C21H34N6O. The molecule has 1 aromatic rings. The monoisotopic (exact) mass is 386 g/mol. The number of pyridine rings is 1. The highest BCUT2D eigenvalue weighted by Crippen LogP contribution is 2.14. The number of carbonyl (C=O) groups is 1. The summed E-state index contributed by atoms with van der Waals surface area (Å²) in [4.78, 5) is 28.6. The van der Waals surface area contributed by atoms with Crippen LogP contribution in [0.25, 0.3) is 0 Å². The predicted molar refractivity (Wildman–Crippen MR) is 112 cm³/mol. The summed E-state index contributed by atoms with van der Waals surface area (Å²) in [5.41, 5.74) is 2.00. The standard InChI is InChI=1S/C21H34N6O/c1-4-22-21(23-16-19-9-7-8-17(2)24-19)27-14-12-25(13-15-27)18(3)20(28)26-10-5-6-11-26/h7-9,18H,4-6,10-16H2,1-3H3,(H,22,23). The molecule has 7 heteroatoms. The summed E-state index contributed by atoms with van der Waals surface area (Å²) in [7, 11) is 0. The van der Waals surface area contributed by atoms with Gasteiger partial charge in [-0.15, -0.1) is 0 Å². The van der Waals surface area contributed by atoms with E-state index in [0.29, 0.717) is 6.54 Å². The normalized spacial score (nSPS) is 19.8. The zero-order valence-electron chi connectivity index (χ0n) is 17.5. The maximum absolute atomic E-state index is 12.7. The molecule has 0 saturated carbocycles. The molecule has 0 aliphatic carbocycles. The van der Waals surface area contributed by atoms with Crippen LogP contribution in [0.2, 0.25) is 0 Å². The van der Waals surface area contributed by atoms with E-state index in [-0.39, 0.29) is 11.9 Å². The topological polar surface area (TPSA) is 64.1 Å². The van der Waals surface area contributed by atoms with Crippen LogP contribution in [0.1, 0.15) is 38.1 Å². The van der Waals surface area contributed by atoms with Gasteiger partial charge in [-0.05, 0) is 45.7 Å². The zero-order valence-corrected chi connectivity index (χ0v) is 17.5. The molecule has 0 bridgehead atoms.